The summed E-state index contributed by atoms with van der Waals surface area (Å²) in [5.74, 6) is 6.97. The van der Waals surface area contributed by atoms with Crippen LogP contribution in [0.5, 0.6) is 0 Å². The van der Waals surface area contributed by atoms with E-state index in [2.05, 4.69) is 65.5 Å². The van der Waals surface area contributed by atoms with E-state index in [9.17, 15) is 0 Å². The molecule has 3 rings (SSSR count). The average Bonchev–Trinajstić information content (AvgIpc) is 3.20. The number of anilines is 1. The summed E-state index contributed by atoms with van der Waals surface area (Å²) in [6.07, 6.45) is 3.67. The van der Waals surface area contributed by atoms with Gasteiger partial charge in [-0.2, -0.15) is 10.1 Å². The number of fused-ring (bicyclic) bond motifs is 1. The molecule has 0 aliphatic rings. The van der Waals surface area contributed by atoms with Crippen LogP contribution in [0.1, 0.15) is 35.6 Å². The highest BCUT2D eigenvalue weighted by molar-refractivity contribution is 9.10. The van der Waals surface area contributed by atoms with Crippen LogP contribution in [-0.2, 0) is 13.0 Å². The van der Waals surface area contributed by atoms with E-state index in [4.69, 9.17) is 0 Å². The normalized spacial score (nSPS) is 9.96. The maximum atomic E-state index is 4.35. The zero-order valence-electron chi connectivity index (χ0n) is 15.6. The Morgan fingerprint density at radius 1 is 1.25 bits per heavy atom. The van der Waals surface area contributed by atoms with E-state index in [1.54, 1.807) is 6.20 Å². The molecule has 3 heterocycles. The highest BCUT2D eigenvalue weighted by atomic mass is 79.9. The molecule has 0 saturated carbocycles. The van der Waals surface area contributed by atoms with Gasteiger partial charge in [0.25, 0.3) is 0 Å². The number of thiophene rings is 1. The van der Waals surface area contributed by atoms with Crippen molar-refractivity contribution in [3.8, 4) is 11.8 Å². The number of aromatic amines is 1. The van der Waals surface area contributed by atoms with E-state index in [0.29, 0.717) is 5.65 Å². The number of nitrogens with zero attached hydrogens (tertiary/aromatic N) is 3. The van der Waals surface area contributed by atoms with E-state index in [0.717, 1.165) is 54.0 Å². The predicted molar refractivity (Wildman–Crippen MR) is 125 cm³/mol. The summed E-state index contributed by atoms with van der Waals surface area (Å²) in [6, 6.07) is 1.86. The maximum Gasteiger partial charge on any atom is 0.202 e. The maximum absolute atomic E-state index is 4.35. The molecular weight excluding hydrogens is 483 g/mol. The van der Waals surface area contributed by atoms with Gasteiger partial charge in [0.15, 0.2) is 0 Å². The summed E-state index contributed by atoms with van der Waals surface area (Å²) in [4.78, 5) is 10.2. The SMILES string of the molecule is CC#Cc1c(CNCCCNc2nc3nnccc3[nH]2)sc(CC)c1Br.Cl.Cl. The molecule has 0 amide bonds. The smallest absolute Gasteiger partial charge is 0.202 e. The Bertz CT molecular complexity index is 914. The first-order valence-electron chi connectivity index (χ1n) is 8.57. The van der Waals surface area contributed by atoms with E-state index in [-0.39, 0.29) is 24.8 Å². The molecule has 0 aliphatic heterocycles. The topological polar surface area (TPSA) is 78.5 Å². The first-order chi connectivity index (χ1) is 12.7. The zero-order valence-corrected chi connectivity index (χ0v) is 19.7. The predicted octanol–water partition coefficient (Wildman–Crippen LogP) is 4.55. The number of imidazole rings is 1. The molecule has 0 radical (unpaired) electrons. The summed E-state index contributed by atoms with van der Waals surface area (Å²) >= 11 is 5.52. The summed E-state index contributed by atoms with van der Waals surface area (Å²) in [6.45, 7) is 6.64. The molecule has 0 unspecified atom stereocenters. The first-order valence-corrected chi connectivity index (χ1v) is 10.2. The summed E-state index contributed by atoms with van der Waals surface area (Å²) in [5.41, 5.74) is 2.65. The Balaban J connectivity index is 0.00000196. The third-order valence-electron chi connectivity index (χ3n) is 3.84. The third kappa shape index (κ3) is 6.06. The van der Waals surface area contributed by atoms with E-state index in [1.165, 1.54) is 9.75 Å². The van der Waals surface area contributed by atoms with Crippen molar-refractivity contribution in [2.24, 2.45) is 0 Å². The Morgan fingerprint density at radius 3 is 2.79 bits per heavy atom. The van der Waals surface area contributed by atoms with Gasteiger partial charge >= 0.3 is 0 Å². The highest BCUT2D eigenvalue weighted by Gasteiger charge is 2.13. The van der Waals surface area contributed by atoms with Gasteiger partial charge in [-0.15, -0.1) is 47.2 Å². The number of rotatable bonds is 8. The number of halogens is 3. The molecule has 0 fully saturated rings. The fraction of sp³-hybridized carbons (Fsp3) is 0.389. The molecule has 10 heteroatoms. The van der Waals surface area contributed by atoms with Crippen LogP contribution >= 0.6 is 52.1 Å². The van der Waals surface area contributed by atoms with Crippen LogP contribution in [0.4, 0.5) is 5.95 Å². The van der Waals surface area contributed by atoms with Crippen LogP contribution in [0.2, 0.25) is 0 Å². The van der Waals surface area contributed by atoms with Gasteiger partial charge in [0.05, 0.1) is 17.3 Å². The third-order valence-corrected chi connectivity index (χ3v) is 6.31. The number of hydrogen-bond donors (Lipinski definition) is 3. The number of aryl methyl sites for hydroxylation is 1. The number of aromatic nitrogens is 4. The Morgan fingerprint density at radius 2 is 2.07 bits per heavy atom. The molecule has 3 aromatic heterocycles. The Kier molecular flexibility index (Phi) is 10.8. The van der Waals surface area contributed by atoms with Crippen molar-refractivity contribution in [2.45, 2.75) is 33.2 Å². The minimum absolute atomic E-state index is 0. The van der Waals surface area contributed by atoms with Gasteiger partial charge in [-0.25, -0.2) is 0 Å². The van der Waals surface area contributed by atoms with Crippen LogP contribution < -0.4 is 10.6 Å². The largest absolute Gasteiger partial charge is 0.356 e. The van der Waals surface area contributed by atoms with Crippen molar-refractivity contribution >= 4 is 69.2 Å². The average molecular weight is 506 g/mol. The van der Waals surface area contributed by atoms with Gasteiger partial charge in [-0.1, -0.05) is 12.8 Å². The molecule has 0 aromatic carbocycles. The van der Waals surface area contributed by atoms with Crippen LogP contribution in [0.15, 0.2) is 16.7 Å². The fourth-order valence-electron chi connectivity index (χ4n) is 2.58. The Hall–Kier alpha value is -1.37. The van der Waals surface area contributed by atoms with E-state index in [1.807, 2.05) is 24.3 Å². The summed E-state index contributed by atoms with van der Waals surface area (Å²) < 4.78 is 1.16. The molecule has 3 aromatic rings. The van der Waals surface area contributed by atoms with Crippen molar-refractivity contribution in [1.29, 1.82) is 0 Å². The summed E-state index contributed by atoms with van der Waals surface area (Å²) in [7, 11) is 0. The van der Waals surface area contributed by atoms with Gasteiger partial charge < -0.3 is 15.6 Å². The van der Waals surface area contributed by atoms with Gasteiger partial charge in [0.1, 0.15) is 0 Å². The zero-order chi connectivity index (χ0) is 18.4. The lowest BCUT2D eigenvalue weighted by molar-refractivity contribution is 0.667. The molecule has 3 N–H and O–H groups in total. The number of H-pyrrole nitrogens is 1. The second kappa shape index (κ2) is 12.2. The lowest BCUT2D eigenvalue weighted by Gasteiger charge is -2.05. The minimum Gasteiger partial charge on any atom is -0.356 e. The highest BCUT2D eigenvalue weighted by Crippen LogP contribution is 2.33. The summed E-state index contributed by atoms with van der Waals surface area (Å²) in [5, 5.41) is 14.6. The molecule has 6 nitrogen and oxygen atoms in total. The number of nitrogens with one attached hydrogen (secondary N) is 3. The van der Waals surface area contributed by atoms with Crippen LogP contribution in [-0.4, -0.2) is 33.3 Å². The lowest BCUT2D eigenvalue weighted by Crippen LogP contribution is -2.17. The first kappa shape index (κ1) is 24.7. The van der Waals surface area contributed by atoms with Crippen LogP contribution in [0.25, 0.3) is 11.2 Å². The van der Waals surface area contributed by atoms with Gasteiger partial charge in [-0.3, -0.25) is 0 Å². The van der Waals surface area contributed by atoms with Crippen LogP contribution in [0.3, 0.4) is 0 Å². The molecule has 0 bridgehead atoms. The Labute approximate surface area is 189 Å². The van der Waals surface area contributed by atoms with Crippen molar-refractivity contribution in [2.75, 3.05) is 18.4 Å². The van der Waals surface area contributed by atoms with E-state index < -0.39 is 0 Å². The van der Waals surface area contributed by atoms with Crippen molar-refractivity contribution < 1.29 is 0 Å². The van der Waals surface area contributed by atoms with Gasteiger partial charge in [0.2, 0.25) is 11.6 Å². The van der Waals surface area contributed by atoms with Crippen molar-refractivity contribution in [1.82, 2.24) is 25.5 Å². The minimum atomic E-state index is 0. The van der Waals surface area contributed by atoms with Crippen molar-refractivity contribution in [3.63, 3.8) is 0 Å². The number of hydrogen-bond acceptors (Lipinski definition) is 6. The van der Waals surface area contributed by atoms with Crippen LogP contribution in [0, 0.1) is 11.8 Å². The van der Waals surface area contributed by atoms with Gasteiger partial charge in [-0.05, 0) is 48.3 Å². The standard InChI is InChI=1S/C18H21BrN6S.2ClH/c1-3-6-12-15(26-14(4-2)16(12)19)11-20-8-5-9-21-18-23-13-7-10-22-25-17(13)24-18;;/h7,10,20H,4-5,8-9,11H2,1-2H3,(H2,21,23,24,25);2*1H. The lowest BCUT2D eigenvalue weighted by atomic mass is 10.2. The molecule has 0 spiro atoms. The molecule has 0 atom stereocenters. The molecular formula is C18H23BrCl2N6S. The fourth-order valence-corrected chi connectivity index (χ4v) is 4.64. The quantitative estimate of drug-likeness (QED) is 0.309. The van der Waals surface area contributed by atoms with Gasteiger partial charge in [0, 0.05) is 27.3 Å². The molecule has 152 valence electrons. The van der Waals surface area contributed by atoms with Crippen molar-refractivity contribution in [3.05, 3.63) is 32.1 Å². The monoisotopic (exact) mass is 504 g/mol. The second-order valence-corrected chi connectivity index (χ2v) is 7.66. The molecule has 0 aliphatic carbocycles. The molecule has 0 saturated heterocycles. The van der Waals surface area contributed by atoms with E-state index >= 15 is 0 Å². The second-order valence-electron chi connectivity index (χ2n) is 5.68. The molecule has 28 heavy (non-hydrogen) atoms.